The van der Waals surface area contributed by atoms with Gasteiger partial charge in [0, 0.05) is 46.8 Å². The molecule has 0 saturated heterocycles. The van der Waals surface area contributed by atoms with E-state index in [0.29, 0.717) is 0 Å². The van der Waals surface area contributed by atoms with Gasteiger partial charge in [-0.1, -0.05) is 63.6 Å². The second-order valence-corrected chi connectivity index (χ2v) is 8.65. The highest BCUT2D eigenvalue weighted by Gasteiger charge is 2.29. The van der Waals surface area contributed by atoms with E-state index in [1.807, 2.05) is 30.0 Å². The Balaban J connectivity index is 1.95. The Kier molecular flexibility index (Phi) is 5.20. The molecule has 0 fully saturated rings. The van der Waals surface area contributed by atoms with Crippen molar-refractivity contribution in [2.75, 3.05) is 19.0 Å². The number of hydrogen-bond donors (Lipinski definition) is 0. The van der Waals surface area contributed by atoms with E-state index in [0.717, 1.165) is 66.9 Å². The number of hydrogen-bond acceptors (Lipinski definition) is 4. The number of anilines is 1. The van der Waals surface area contributed by atoms with Crippen LogP contribution in [0.2, 0.25) is 0 Å². The van der Waals surface area contributed by atoms with Crippen LogP contribution >= 0.6 is 11.8 Å². The van der Waals surface area contributed by atoms with Crippen molar-refractivity contribution in [3.05, 3.63) is 82.6 Å². The average molecular weight is 414 g/mol. The lowest BCUT2D eigenvalue weighted by Crippen LogP contribution is -2.35. The molecule has 1 aromatic heterocycles. The van der Waals surface area contributed by atoms with Gasteiger partial charge in [0.1, 0.15) is 11.6 Å². The number of benzene rings is 2. The minimum Gasteiger partial charge on any atom is -0.331 e. The van der Waals surface area contributed by atoms with Crippen molar-refractivity contribution in [1.29, 1.82) is 0 Å². The van der Waals surface area contributed by atoms with E-state index in [2.05, 4.69) is 63.6 Å². The number of aromatic nitrogens is 1. The fourth-order valence-electron chi connectivity index (χ4n) is 4.01. The molecule has 0 bridgehead atoms. The van der Waals surface area contributed by atoms with Crippen LogP contribution in [0.1, 0.15) is 23.7 Å². The summed E-state index contributed by atoms with van der Waals surface area (Å²) in [5.41, 5.74) is 4.25. The maximum absolute atomic E-state index is 5.04. The molecule has 3 aromatic rings. The fourth-order valence-corrected chi connectivity index (χ4v) is 5.03. The molecule has 0 amide bonds. The molecule has 0 saturated carbocycles. The molecule has 4 rings (SSSR count). The zero-order chi connectivity index (χ0) is 21.6. The third-order valence-electron chi connectivity index (χ3n) is 5.84. The summed E-state index contributed by atoms with van der Waals surface area (Å²) in [6, 6.07) is 12.7. The number of thioether (sulfide) groups is 1. The van der Waals surface area contributed by atoms with Crippen molar-refractivity contribution >= 4 is 47.2 Å². The van der Waals surface area contributed by atoms with E-state index in [1.165, 1.54) is 5.56 Å². The minimum absolute atomic E-state index is 0.821. The lowest BCUT2D eigenvalue weighted by molar-refractivity contribution is 0.564. The molecule has 152 valence electrons. The predicted octanol–water partition coefficient (Wildman–Crippen LogP) is 4.73. The second kappa shape index (κ2) is 7.69. The van der Waals surface area contributed by atoms with E-state index in [9.17, 15) is 0 Å². The van der Waals surface area contributed by atoms with Crippen LogP contribution in [0.3, 0.4) is 0 Å². The summed E-state index contributed by atoms with van der Waals surface area (Å²) in [4.78, 5) is 10.2. The zero-order valence-corrected chi connectivity index (χ0v) is 18.8. The van der Waals surface area contributed by atoms with E-state index in [4.69, 9.17) is 4.98 Å². The molecule has 0 N–H and O–H groups in total. The first kappa shape index (κ1) is 20.3. The van der Waals surface area contributed by atoms with Gasteiger partial charge >= 0.3 is 0 Å². The van der Waals surface area contributed by atoms with Gasteiger partial charge in [0.2, 0.25) is 0 Å². The molecule has 3 nitrogen and oxygen atoms in total. The van der Waals surface area contributed by atoms with Gasteiger partial charge in [-0.3, -0.25) is 0 Å². The third-order valence-corrected chi connectivity index (χ3v) is 6.99. The van der Waals surface area contributed by atoms with Crippen LogP contribution in [-0.4, -0.2) is 24.0 Å². The highest BCUT2D eigenvalue weighted by atomic mass is 32.2. The molecule has 1 aliphatic rings. The van der Waals surface area contributed by atoms with Gasteiger partial charge in [-0.05, 0) is 28.5 Å². The van der Waals surface area contributed by atoms with Gasteiger partial charge < -0.3 is 9.80 Å². The summed E-state index contributed by atoms with van der Waals surface area (Å²) < 4.78 is 0. The van der Waals surface area contributed by atoms with Crippen molar-refractivity contribution in [1.82, 2.24) is 9.88 Å². The Morgan fingerprint density at radius 1 is 0.967 bits per heavy atom. The van der Waals surface area contributed by atoms with Crippen molar-refractivity contribution in [3.8, 4) is 0 Å². The number of rotatable bonds is 4. The second-order valence-electron chi connectivity index (χ2n) is 7.63. The van der Waals surface area contributed by atoms with E-state index in [1.54, 1.807) is 11.8 Å². The van der Waals surface area contributed by atoms with Gasteiger partial charge in [-0.15, -0.1) is 11.8 Å². The summed E-state index contributed by atoms with van der Waals surface area (Å²) in [7, 11) is 3.99. The monoisotopic (exact) mass is 413 g/mol. The molecule has 0 radical (unpaired) electrons. The van der Waals surface area contributed by atoms with Crippen molar-refractivity contribution < 1.29 is 0 Å². The molecule has 0 aliphatic carbocycles. The lowest BCUT2D eigenvalue weighted by Gasteiger charge is -2.38. The fraction of sp³-hybridized carbons (Fsp3) is 0.192. The molecule has 2 aromatic carbocycles. The van der Waals surface area contributed by atoms with Crippen LogP contribution < -0.4 is 15.3 Å². The summed E-state index contributed by atoms with van der Waals surface area (Å²) in [5, 5.41) is 4.21. The van der Waals surface area contributed by atoms with E-state index in [-0.39, 0.29) is 0 Å². The number of aryl methyl sites for hydroxylation is 1. The molecule has 0 spiro atoms. The first-order valence-corrected chi connectivity index (χ1v) is 11.0. The largest absolute Gasteiger partial charge is 0.331 e. The van der Waals surface area contributed by atoms with Gasteiger partial charge in [-0.2, -0.15) is 0 Å². The summed E-state index contributed by atoms with van der Waals surface area (Å²) in [6.45, 7) is 19.6. The first-order valence-electron chi connectivity index (χ1n) is 10.0. The lowest BCUT2D eigenvalue weighted by atomic mass is 9.96. The highest BCUT2D eigenvalue weighted by Crippen LogP contribution is 2.39. The van der Waals surface area contributed by atoms with Crippen LogP contribution in [0.15, 0.2) is 60.3 Å². The van der Waals surface area contributed by atoms with Crippen LogP contribution in [0.4, 0.5) is 5.82 Å². The Bertz CT molecular complexity index is 1280. The summed E-state index contributed by atoms with van der Waals surface area (Å²) in [6.07, 6.45) is 0.821. The van der Waals surface area contributed by atoms with Crippen LogP contribution in [0.25, 0.3) is 29.6 Å². The molecular weight excluding hydrogens is 386 g/mol. The maximum atomic E-state index is 5.04. The summed E-state index contributed by atoms with van der Waals surface area (Å²) >= 11 is 1.80. The van der Waals surface area contributed by atoms with Gasteiger partial charge in [-0.25, -0.2) is 4.98 Å². The first-order chi connectivity index (χ1) is 14.3. The van der Waals surface area contributed by atoms with Gasteiger partial charge in [0.15, 0.2) is 0 Å². The maximum Gasteiger partial charge on any atom is 0.144 e. The smallest absolute Gasteiger partial charge is 0.144 e. The molecule has 1 aliphatic heterocycles. The van der Waals surface area contributed by atoms with Gasteiger partial charge in [0.25, 0.3) is 0 Å². The molecule has 2 heterocycles. The van der Waals surface area contributed by atoms with Crippen LogP contribution in [-0.2, 0) is 12.2 Å². The van der Waals surface area contributed by atoms with E-state index < -0.39 is 0 Å². The number of nitrogens with zero attached hydrogens (tertiary/aromatic N) is 3. The Labute approximate surface area is 182 Å². The SMILES string of the molecule is C=C1c2c(nc(CC)c3c(=C)c(SCc4ccccc4)cc(=C)c23)N(C)C(=C)N1C. The van der Waals surface area contributed by atoms with E-state index >= 15 is 0 Å². The molecule has 0 atom stereocenters. The van der Waals surface area contributed by atoms with Crippen LogP contribution in [0, 0.1) is 0 Å². The third kappa shape index (κ3) is 3.12. The van der Waals surface area contributed by atoms with Crippen molar-refractivity contribution in [2.45, 2.75) is 24.0 Å². The average Bonchev–Trinajstić information content (AvgIpc) is 2.76. The Morgan fingerprint density at radius 2 is 1.67 bits per heavy atom. The summed E-state index contributed by atoms with van der Waals surface area (Å²) in [5.74, 6) is 2.64. The normalized spacial score (nSPS) is 13.8. The number of pyridine rings is 1. The minimum atomic E-state index is 0.821. The van der Waals surface area contributed by atoms with Gasteiger partial charge in [0.05, 0.1) is 5.69 Å². The van der Waals surface area contributed by atoms with Crippen molar-refractivity contribution in [3.63, 3.8) is 0 Å². The molecular formula is C26H27N3S. The topological polar surface area (TPSA) is 19.4 Å². The molecule has 0 unspecified atom stereocenters. The highest BCUT2D eigenvalue weighted by molar-refractivity contribution is 7.98. The molecule has 30 heavy (non-hydrogen) atoms. The molecule has 4 heteroatoms. The Morgan fingerprint density at radius 3 is 2.33 bits per heavy atom. The number of fused-ring (bicyclic) bond motifs is 3. The quantitative estimate of drug-likeness (QED) is 0.576. The predicted molar refractivity (Wildman–Crippen MR) is 132 cm³/mol. The zero-order valence-electron chi connectivity index (χ0n) is 18.0. The van der Waals surface area contributed by atoms with Crippen molar-refractivity contribution in [2.24, 2.45) is 0 Å². The standard InChI is InChI=1S/C26H27N3S/c1-8-21-24-17(3)22(30-15-20-12-10-9-11-13-20)14-16(2)23(24)25-18(4)28(6)19(5)29(7)26(25)27-21/h9-14H,2-5,8,15H2,1,6-7H3. The van der Waals surface area contributed by atoms with Crippen LogP contribution in [0.5, 0.6) is 0 Å². The Hall–Kier alpha value is -2.98.